The van der Waals surface area contributed by atoms with Gasteiger partial charge in [0.2, 0.25) is 11.8 Å². The summed E-state index contributed by atoms with van der Waals surface area (Å²) in [4.78, 5) is 26.0. The van der Waals surface area contributed by atoms with Crippen LogP contribution in [0.15, 0.2) is 22.7 Å². The average Bonchev–Trinajstić information content (AvgIpc) is 3.09. The molecule has 0 saturated heterocycles. The lowest BCUT2D eigenvalue weighted by molar-refractivity contribution is -0.140. The van der Waals surface area contributed by atoms with E-state index in [1.807, 2.05) is 0 Å². The molecule has 4 aliphatic rings. The zero-order valence-electron chi connectivity index (χ0n) is 16.5. The summed E-state index contributed by atoms with van der Waals surface area (Å²) in [5.41, 5.74) is 0.140. The molecule has 0 unspecified atom stereocenters. The first kappa shape index (κ1) is 19.9. The lowest BCUT2D eigenvalue weighted by Crippen LogP contribution is -2.51. The summed E-state index contributed by atoms with van der Waals surface area (Å²) in [6, 6.07) is 4.99. The highest BCUT2D eigenvalue weighted by atomic mass is 35.5. The van der Waals surface area contributed by atoms with Gasteiger partial charge < -0.3 is 9.26 Å². The van der Waals surface area contributed by atoms with Crippen molar-refractivity contribution in [3.8, 4) is 11.3 Å². The smallest absolute Gasteiger partial charge is 0.345 e. The van der Waals surface area contributed by atoms with Gasteiger partial charge in [0.15, 0.2) is 5.56 Å². The van der Waals surface area contributed by atoms with Gasteiger partial charge in [-0.2, -0.15) is 0 Å². The van der Waals surface area contributed by atoms with Crippen LogP contribution in [0.2, 0.25) is 10.0 Å². The van der Waals surface area contributed by atoms with E-state index in [1.165, 1.54) is 26.4 Å². The number of esters is 1. The number of carbonyl (C=O) groups excluding carboxylic acids is 2. The second-order valence-corrected chi connectivity index (χ2v) is 9.79. The summed E-state index contributed by atoms with van der Waals surface area (Å²) in [6.45, 7) is 0. The van der Waals surface area contributed by atoms with Crippen LogP contribution in [0.1, 0.15) is 48.9 Å². The van der Waals surface area contributed by atoms with Gasteiger partial charge in [0, 0.05) is 5.56 Å². The van der Waals surface area contributed by atoms with E-state index >= 15 is 0 Å². The summed E-state index contributed by atoms with van der Waals surface area (Å²) in [5, 5.41) is 7.51. The van der Waals surface area contributed by atoms with Crippen molar-refractivity contribution >= 4 is 41.0 Å². The molecule has 2 aromatic rings. The van der Waals surface area contributed by atoms with Crippen molar-refractivity contribution in [3.63, 3.8) is 0 Å². The SMILES string of the molecule is COC(=O)c1c(-c2c(Cl)cccc2Cl)noc1NC(=O)C12CC3CC(CC(C3)C1)C2. The number of nitrogens with one attached hydrogen (secondary N) is 1. The number of rotatable bonds is 4. The Labute approximate surface area is 184 Å². The van der Waals surface area contributed by atoms with Gasteiger partial charge in [-0.25, -0.2) is 4.79 Å². The van der Waals surface area contributed by atoms with Crippen molar-refractivity contribution in [2.75, 3.05) is 12.4 Å². The predicted octanol–water partition coefficient (Wildman–Crippen LogP) is 5.59. The zero-order valence-corrected chi connectivity index (χ0v) is 18.1. The van der Waals surface area contributed by atoms with Gasteiger partial charge in [-0.1, -0.05) is 34.4 Å². The number of halogens is 2. The lowest BCUT2D eigenvalue weighted by atomic mass is 9.49. The molecule has 1 aromatic heterocycles. The third-order valence-corrected chi connectivity index (χ3v) is 7.66. The molecule has 1 N–H and O–H groups in total. The molecule has 4 fully saturated rings. The van der Waals surface area contributed by atoms with Gasteiger partial charge in [0.05, 0.1) is 22.6 Å². The fraction of sp³-hybridized carbons (Fsp3) is 0.500. The number of methoxy groups -OCH3 is 1. The molecule has 158 valence electrons. The number of hydrogen-bond acceptors (Lipinski definition) is 5. The highest BCUT2D eigenvalue weighted by Gasteiger charge is 2.55. The average molecular weight is 449 g/mol. The number of aromatic nitrogens is 1. The number of amides is 1. The standard InChI is InChI=1S/C22H22Cl2N2O4/c1-29-20(27)17-18(16-14(23)3-2-4-15(16)24)26-30-19(17)25-21(28)22-8-11-5-12(9-22)7-13(6-11)10-22/h2-4,11-13H,5-10H2,1H3,(H,25,28). The fourth-order valence-corrected chi connectivity index (χ4v) is 6.76. The van der Waals surface area contributed by atoms with Gasteiger partial charge in [-0.15, -0.1) is 0 Å². The molecule has 4 saturated carbocycles. The molecule has 0 atom stereocenters. The Kier molecular flexibility index (Phi) is 4.82. The summed E-state index contributed by atoms with van der Waals surface area (Å²) < 4.78 is 10.3. The molecule has 30 heavy (non-hydrogen) atoms. The number of hydrogen-bond donors (Lipinski definition) is 1. The van der Waals surface area contributed by atoms with Gasteiger partial charge in [-0.05, 0) is 68.4 Å². The van der Waals surface area contributed by atoms with E-state index in [1.54, 1.807) is 18.2 Å². The number of nitrogens with zero attached hydrogens (tertiary/aromatic N) is 1. The molecule has 0 aliphatic heterocycles. The van der Waals surface area contributed by atoms with Crippen LogP contribution in [-0.2, 0) is 9.53 Å². The van der Waals surface area contributed by atoms with E-state index in [0.29, 0.717) is 33.4 Å². The monoisotopic (exact) mass is 448 g/mol. The Hall–Kier alpha value is -2.05. The second-order valence-electron chi connectivity index (χ2n) is 8.98. The molecule has 6 nitrogen and oxygen atoms in total. The van der Waals surface area contributed by atoms with Gasteiger partial charge >= 0.3 is 5.97 Å². The maximum Gasteiger partial charge on any atom is 0.345 e. The van der Waals surface area contributed by atoms with Crippen molar-refractivity contribution in [1.82, 2.24) is 5.16 Å². The van der Waals surface area contributed by atoms with Crippen molar-refractivity contribution < 1.29 is 18.8 Å². The van der Waals surface area contributed by atoms with Crippen LogP contribution in [0.5, 0.6) is 0 Å². The minimum Gasteiger partial charge on any atom is -0.465 e. The predicted molar refractivity (Wildman–Crippen MR) is 113 cm³/mol. The molecule has 4 aliphatic carbocycles. The molecule has 1 heterocycles. The molecule has 0 spiro atoms. The molecule has 6 rings (SSSR count). The Morgan fingerprint density at radius 3 is 2.20 bits per heavy atom. The summed E-state index contributed by atoms with van der Waals surface area (Å²) in [6.07, 6.45) is 6.40. The minimum absolute atomic E-state index is 0.0191. The summed E-state index contributed by atoms with van der Waals surface area (Å²) in [5.74, 6) is 1.06. The largest absolute Gasteiger partial charge is 0.465 e. The van der Waals surface area contributed by atoms with Gasteiger partial charge in [0.1, 0.15) is 5.69 Å². The Bertz CT molecular complexity index is 977. The Morgan fingerprint density at radius 1 is 1.10 bits per heavy atom. The number of ether oxygens (including phenoxy) is 1. The van der Waals surface area contributed by atoms with Crippen LogP contribution < -0.4 is 5.32 Å². The maximum absolute atomic E-state index is 13.4. The normalized spacial score (nSPS) is 29.1. The van der Waals surface area contributed by atoms with Crippen LogP contribution in [0.3, 0.4) is 0 Å². The minimum atomic E-state index is -0.678. The highest BCUT2D eigenvalue weighted by Crippen LogP contribution is 2.60. The third-order valence-electron chi connectivity index (χ3n) is 7.03. The van der Waals surface area contributed by atoms with E-state index in [2.05, 4.69) is 10.5 Å². The van der Waals surface area contributed by atoms with E-state index in [4.69, 9.17) is 32.5 Å². The van der Waals surface area contributed by atoms with Crippen LogP contribution in [0.25, 0.3) is 11.3 Å². The number of anilines is 1. The topological polar surface area (TPSA) is 81.4 Å². The zero-order chi connectivity index (χ0) is 21.0. The molecular weight excluding hydrogens is 427 g/mol. The van der Waals surface area contributed by atoms with Crippen molar-refractivity contribution in [2.24, 2.45) is 23.2 Å². The fourth-order valence-electron chi connectivity index (χ4n) is 6.19. The van der Waals surface area contributed by atoms with E-state index in [9.17, 15) is 9.59 Å². The van der Waals surface area contributed by atoms with Crippen molar-refractivity contribution in [2.45, 2.75) is 38.5 Å². The van der Waals surface area contributed by atoms with Crippen LogP contribution in [0.4, 0.5) is 5.88 Å². The first-order valence-corrected chi connectivity index (χ1v) is 11.0. The van der Waals surface area contributed by atoms with Crippen LogP contribution >= 0.6 is 23.2 Å². The van der Waals surface area contributed by atoms with Gasteiger partial charge in [-0.3, -0.25) is 10.1 Å². The number of carbonyl (C=O) groups is 2. The lowest BCUT2D eigenvalue weighted by Gasteiger charge is -2.55. The molecule has 8 heteroatoms. The van der Waals surface area contributed by atoms with E-state index in [-0.39, 0.29) is 23.0 Å². The Morgan fingerprint density at radius 2 is 1.67 bits per heavy atom. The second kappa shape index (κ2) is 7.27. The molecule has 0 radical (unpaired) electrons. The highest BCUT2D eigenvalue weighted by molar-refractivity contribution is 6.39. The maximum atomic E-state index is 13.4. The van der Waals surface area contributed by atoms with Crippen molar-refractivity contribution in [3.05, 3.63) is 33.8 Å². The quantitative estimate of drug-likeness (QED) is 0.616. The first-order valence-electron chi connectivity index (χ1n) is 10.2. The van der Waals surface area contributed by atoms with Crippen molar-refractivity contribution in [1.29, 1.82) is 0 Å². The molecule has 1 aromatic carbocycles. The van der Waals surface area contributed by atoms with E-state index in [0.717, 1.165) is 19.3 Å². The third kappa shape index (κ3) is 3.12. The molecular formula is C22H22Cl2N2O4. The molecule has 1 amide bonds. The van der Waals surface area contributed by atoms with Crippen LogP contribution in [-0.4, -0.2) is 24.1 Å². The van der Waals surface area contributed by atoms with Gasteiger partial charge in [0.25, 0.3) is 0 Å². The van der Waals surface area contributed by atoms with Crippen LogP contribution in [0, 0.1) is 23.2 Å². The molecule has 4 bridgehead atoms. The Balaban J connectivity index is 1.50. The van der Waals surface area contributed by atoms with E-state index < -0.39 is 11.4 Å². The summed E-state index contributed by atoms with van der Waals surface area (Å²) in [7, 11) is 1.26. The summed E-state index contributed by atoms with van der Waals surface area (Å²) >= 11 is 12.6. The first-order chi connectivity index (χ1) is 14.4. The number of benzene rings is 1.